The van der Waals surface area contributed by atoms with Gasteiger partial charge in [0.25, 0.3) is 0 Å². The van der Waals surface area contributed by atoms with Crippen LogP contribution in [0.15, 0.2) is 24.3 Å². The van der Waals surface area contributed by atoms with Crippen LogP contribution in [0.4, 0.5) is 4.39 Å². The van der Waals surface area contributed by atoms with Crippen molar-refractivity contribution in [2.24, 2.45) is 0 Å². The number of nitrogens with zero attached hydrogens (tertiary/aromatic N) is 1. The molecule has 1 atom stereocenters. The quantitative estimate of drug-likeness (QED) is 0.844. The summed E-state index contributed by atoms with van der Waals surface area (Å²) in [4.78, 5) is 13.9. The maximum atomic E-state index is 12.8. The van der Waals surface area contributed by atoms with E-state index in [1.54, 1.807) is 12.1 Å². The van der Waals surface area contributed by atoms with Gasteiger partial charge in [-0.25, -0.2) is 12.8 Å². The van der Waals surface area contributed by atoms with Gasteiger partial charge in [-0.15, -0.1) is 0 Å². The minimum Gasteiger partial charge on any atom is -0.351 e. The second kappa shape index (κ2) is 7.19. The number of carbonyl (C=O) groups is 1. The molecule has 1 heterocycles. The van der Waals surface area contributed by atoms with Crippen LogP contribution in [0.1, 0.15) is 18.9 Å². The van der Waals surface area contributed by atoms with E-state index in [0.29, 0.717) is 19.5 Å². The number of benzene rings is 1. The first-order valence-corrected chi connectivity index (χ1v) is 9.17. The second-order valence-corrected chi connectivity index (χ2v) is 7.75. The van der Waals surface area contributed by atoms with E-state index < -0.39 is 9.84 Å². The Hall–Kier alpha value is -1.47. The van der Waals surface area contributed by atoms with Crippen LogP contribution in [0.3, 0.4) is 0 Å². The van der Waals surface area contributed by atoms with Gasteiger partial charge in [-0.3, -0.25) is 9.69 Å². The first kappa shape index (κ1) is 16.9. The number of carbonyl (C=O) groups excluding carboxylic acids is 1. The molecule has 1 aromatic carbocycles. The fraction of sp³-hybridized carbons (Fsp3) is 0.533. The monoisotopic (exact) mass is 328 g/mol. The third-order valence-electron chi connectivity index (χ3n) is 3.88. The molecule has 22 heavy (non-hydrogen) atoms. The Labute approximate surface area is 130 Å². The van der Waals surface area contributed by atoms with Gasteiger partial charge in [0.05, 0.1) is 18.1 Å². The summed E-state index contributed by atoms with van der Waals surface area (Å²) in [6, 6.07) is 5.87. The molecule has 1 saturated heterocycles. The number of hydrogen-bond acceptors (Lipinski definition) is 4. The van der Waals surface area contributed by atoms with Crippen LogP contribution in [-0.2, 0) is 21.2 Å². The average Bonchev–Trinajstić information content (AvgIpc) is 2.84. The van der Waals surface area contributed by atoms with Crippen molar-refractivity contribution in [1.82, 2.24) is 10.2 Å². The molecular formula is C15H21FN2O3S. The lowest BCUT2D eigenvalue weighted by molar-refractivity contribution is -0.122. The van der Waals surface area contributed by atoms with Crippen molar-refractivity contribution in [3.8, 4) is 0 Å². The van der Waals surface area contributed by atoms with Gasteiger partial charge in [0.2, 0.25) is 5.91 Å². The third-order valence-corrected chi connectivity index (χ3v) is 5.63. The van der Waals surface area contributed by atoms with Gasteiger partial charge in [-0.2, -0.15) is 0 Å². The van der Waals surface area contributed by atoms with Crippen LogP contribution < -0.4 is 5.32 Å². The van der Waals surface area contributed by atoms with Crippen LogP contribution in [-0.4, -0.2) is 49.9 Å². The molecule has 0 spiro atoms. The van der Waals surface area contributed by atoms with E-state index in [9.17, 15) is 17.6 Å². The van der Waals surface area contributed by atoms with E-state index in [1.807, 2.05) is 11.8 Å². The highest BCUT2D eigenvalue weighted by atomic mass is 32.2. The first-order chi connectivity index (χ1) is 10.4. The molecule has 0 radical (unpaired) electrons. The van der Waals surface area contributed by atoms with Crippen LogP contribution in [0.5, 0.6) is 0 Å². The zero-order valence-electron chi connectivity index (χ0n) is 12.6. The Morgan fingerprint density at radius 1 is 1.36 bits per heavy atom. The van der Waals surface area contributed by atoms with E-state index >= 15 is 0 Å². The van der Waals surface area contributed by atoms with Crippen molar-refractivity contribution in [3.05, 3.63) is 35.6 Å². The van der Waals surface area contributed by atoms with Crippen molar-refractivity contribution >= 4 is 15.7 Å². The van der Waals surface area contributed by atoms with Crippen molar-refractivity contribution < 1.29 is 17.6 Å². The van der Waals surface area contributed by atoms with Crippen LogP contribution in [0.2, 0.25) is 0 Å². The lowest BCUT2D eigenvalue weighted by Crippen LogP contribution is -2.43. The Morgan fingerprint density at radius 2 is 2.05 bits per heavy atom. The summed E-state index contributed by atoms with van der Waals surface area (Å²) in [6.07, 6.45) is 0.585. The Kier molecular flexibility index (Phi) is 5.52. The summed E-state index contributed by atoms with van der Waals surface area (Å²) < 4.78 is 35.9. The molecule has 0 aliphatic carbocycles. The predicted octanol–water partition coefficient (Wildman–Crippen LogP) is 0.951. The van der Waals surface area contributed by atoms with E-state index in [4.69, 9.17) is 0 Å². The van der Waals surface area contributed by atoms with E-state index in [-0.39, 0.29) is 35.8 Å². The van der Waals surface area contributed by atoms with Crippen molar-refractivity contribution in [2.75, 3.05) is 24.6 Å². The van der Waals surface area contributed by atoms with Crippen molar-refractivity contribution in [3.63, 3.8) is 0 Å². The van der Waals surface area contributed by atoms with Gasteiger partial charge in [-0.05, 0) is 30.7 Å². The molecule has 2 rings (SSSR count). The molecule has 1 aliphatic rings. The number of amides is 1. The molecule has 0 aromatic heterocycles. The normalized spacial score (nSPS) is 20.2. The van der Waals surface area contributed by atoms with Crippen LogP contribution >= 0.6 is 0 Å². The van der Waals surface area contributed by atoms with E-state index in [2.05, 4.69) is 5.32 Å². The SMILES string of the molecule is CCN(CC(=O)NCc1ccc(F)cc1)C1CCS(=O)(=O)C1. The molecule has 1 amide bonds. The summed E-state index contributed by atoms with van der Waals surface area (Å²) >= 11 is 0. The van der Waals surface area contributed by atoms with Gasteiger partial charge in [-0.1, -0.05) is 19.1 Å². The Morgan fingerprint density at radius 3 is 2.59 bits per heavy atom. The molecule has 1 N–H and O–H groups in total. The van der Waals surface area contributed by atoms with Gasteiger partial charge in [0.15, 0.2) is 9.84 Å². The van der Waals surface area contributed by atoms with E-state index in [1.165, 1.54) is 12.1 Å². The topological polar surface area (TPSA) is 66.5 Å². The maximum absolute atomic E-state index is 12.8. The number of rotatable bonds is 6. The summed E-state index contributed by atoms with van der Waals surface area (Å²) in [5.41, 5.74) is 0.821. The number of sulfone groups is 1. The van der Waals surface area contributed by atoms with Gasteiger partial charge >= 0.3 is 0 Å². The Balaban J connectivity index is 1.83. The van der Waals surface area contributed by atoms with E-state index in [0.717, 1.165) is 5.56 Å². The molecule has 1 unspecified atom stereocenters. The van der Waals surface area contributed by atoms with Crippen molar-refractivity contribution in [1.29, 1.82) is 0 Å². The molecular weight excluding hydrogens is 307 g/mol. The number of nitrogens with one attached hydrogen (secondary N) is 1. The Bertz CT molecular complexity index is 616. The summed E-state index contributed by atoms with van der Waals surface area (Å²) in [7, 11) is -2.95. The lowest BCUT2D eigenvalue weighted by Gasteiger charge is -2.25. The number of halogens is 1. The first-order valence-electron chi connectivity index (χ1n) is 7.35. The summed E-state index contributed by atoms with van der Waals surface area (Å²) in [6.45, 7) is 3.06. The van der Waals surface area contributed by atoms with Gasteiger partial charge in [0, 0.05) is 12.6 Å². The maximum Gasteiger partial charge on any atom is 0.234 e. The highest BCUT2D eigenvalue weighted by Crippen LogP contribution is 2.17. The van der Waals surface area contributed by atoms with Crippen LogP contribution in [0, 0.1) is 5.82 Å². The molecule has 0 bridgehead atoms. The van der Waals surface area contributed by atoms with Gasteiger partial charge < -0.3 is 5.32 Å². The molecule has 1 fully saturated rings. The fourth-order valence-electron chi connectivity index (χ4n) is 2.61. The third kappa shape index (κ3) is 4.78. The molecule has 5 nitrogen and oxygen atoms in total. The molecule has 1 aromatic rings. The smallest absolute Gasteiger partial charge is 0.234 e. The standard InChI is InChI=1S/C15H21FN2O3S/c1-2-18(14-7-8-22(20,21)11-14)10-15(19)17-9-12-3-5-13(16)6-4-12/h3-6,14H,2,7-11H2,1H3,(H,17,19). The van der Waals surface area contributed by atoms with Gasteiger partial charge in [0.1, 0.15) is 5.82 Å². The second-order valence-electron chi connectivity index (χ2n) is 5.52. The number of likely N-dealkylation sites (N-methyl/N-ethyl adjacent to an activating group) is 1. The lowest BCUT2D eigenvalue weighted by atomic mass is 10.2. The zero-order valence-corrected chi connectivity index (χ0v) is 13.4. The minimum atomic E-state index is -2.95. The largest absolute Gasteiger partial charge is 0.351 e. The summed E-state index contributed by atoms with van der Waals surface area (Å²) in [5, 5.41) is 2.77. The molecule has 122 valence electrons. The molecule has 0 saturated carbocycles. The zero-order chi connectivity index (χ0) is 16.2. The predicted molar refractivity (Wildman–Crippen MR) is 82.6 cm³/mol. The molecule has 7 heteroatoms. The average molecular weight is 328 g/mol. The highest BCUT2D eigenvalue weighted by molar-refractivity contribution is 7.91. The molecule has 1 aliphatic heterocycles. The number of hydrogen-bond donors (Lipinski definition) is 1. The van der Waals surface area contributed by atoms with Crippen molar-refractivity contribution in [2.45, 2.75) is 25.9 Å². The van der Waals surface area contributed by atoms with Crippen LogP contribution in [0.25, 0.3) is 0 Å². The fourth-order valence-corrected chi connectivity index (χ4v) is 4.37. The highest BCUT2D eigenvalue weighted by Gasteiger charge is 2.32. The minimum absolute atomic E-state index is 0.0772. The summed E-state index contributed by atoms with van der Waals surface area (Å²) in [5.74, 6) is -0.137.